The molecule has 0 amide bonds. The summed E-state index contributed by atoms with van der Waals surface area (Å²) in [6.07, 6.45) is 116. The summed E-state index contributed by atoms with van der Waals surface area (Å²) in [6, 6.07) is 0. The highest BCUT2D eigenvalue weighted by molar-refractivity contribution is 7.47. The first-order chi connectivity index (χ1) is 56.2. The third-order valence-corrected chi connectivity index (χ3v) is 20.2. The molecule has 0 aromatic carbocycles. The number of rotatable bonds is 83. The average Bonchev–Trinajstić information content (AvgIpc) is 0.901. The number of carbonyl (C=O) groups excluding carboxylic acids is 3. The summed E-state index contributed by atoms with van der Waals surface area (Å²) in [7, 11) is -9.82. The molecular formula is C97H160O16P2. The van der Waals surface area contributed by atoms with Crippen LogP contribution in [0.25, 0.3) is 0 Å². The quantitative estimate of drug-likeness (QED) is 0.0146. The van der Waals surface area contributed by atoms with E-state index in [0.717, 1.165) is 199 Å². The molecule has 0 heterocycles. The lowest BCUT2D eigenvalue weighted by atomic mass is 10.0. The van der Waals surface area contributed by atoms with Gasteiger partial charge in [0.05, 0.1) is 26.4 Å². The minimum absolute atomic E-state index is 0.0732. The van der Waals surface area contributed by atoms with E-state index in [1.807, 2.05) is 0 Å². The zero-order valence-corrected chi connectivity index (χ0v) is 73.7. The van der Waals surface area contributed by atoms with Crippen LogP contribution in [0.15, 0.2) is 194 Å². The standard InChI is InChI=1S/C97H160O16P2/c1-4-7-10-13-16-19-22-25-28-31-34-37-39-40-41-42-43-44-45-46-47-48-49-50-52-55-56-59-62-65-68-71-74-77-80-83-95(100)107-86-92(98)87-109-114(103,104)110-88-93(99)89-111-115(105,106)112-91-94(113-97(102)85-82-79-76-73-70-67-64-61-58-53-36-33-30-27-24-21-18-15-12-9-6-3)90-108-96(101)84-81-78-75-72-69-66-63-60-57-54-51-38-35-32-29-26-23-20-17-14-11-8-5-2/h7-12,16-21,25-30,34-38,40-41,43-44,53-54,57,61,64,92-94,98-99H,4-6,13-15,22-24,31-33,39,42,45-52,55-56,58-60,62-63,65-91H2,1-3H3,(H,103,104)(H,105,106)/b10-7-,11-8-,12-9-,19-16-,20-17-,21-18-,28-25-,29-26-,30-27-,37-34-,38-35-,41-40-,44-43-,53-36-,57-54-,64-61-. The van der Waals surface area contributed by atoms with Crippen LogP contribution in [0.3, 0.4) is 0 Å². The highest BCUT2D eigenvalue weighted by Gasteiger charge is 2.29. The molecule has 5 unspecified atom stereocenters. The van der Waals surface area contributed by atoms with Crippen LogP contribution in [0, 0.1) is 0 Å². The maximum absolute atomic E-state index is 13.0. The molecule has 0 rings (SSSR count). The van der Waals surface area contributed by atoms with Crippen LogP contribution in [0.2, 0.25) is 0 Å². The molecule has 0 aliphatic rings. The number of hydrogen-bond acceptors (Lipinski definition) is 14. The molecule has 0 aliphatic heterocycles. The first-order valence-corrected chi connectivity index (χ1v) is 47.7. The fourth-order valence-electron chi connectivity index (χ4n) is 11.6. The zero-order valence-electron chi connectivity index (χ0n) is 71.9. The Bertz CT molecular complexity index is 2870. The summed E-state index contributed by atoms with van der Waals surface area (Å²) >= 11 is 0. The van der Waals surface area contributed by atoms with E-state index in [2.05, 4.69) is 215 Å². The van der Waals surface area contributed by atoms with Crippen LogP contribution >= 0.6 is 15.6 Å². The first kappa shape index (κ1) is 109. The number of carbonyl (C=O) groups is 3. The maximum Gasteiger partial charge on any atom is 0.472 e. The van der Waals surface area contributed by atoms with Crippen molar-refractivity contribution in [2.24, 2.45) is 0 Å². The van der Waals surface area contributed by atoms with Crippen molar-refractivity contribution in [3.05, 3.63) is 194 Å². The predicted octanol–water partition coefficient (Wildman–Crippen LogP) is 27.4. The van der Waals surface area contributed by atoms with Gasteiger partial charge in [-0.1, -0.05) is 356 Å². The number of phosphoric acid groups is 2. The van der Waals surface area contributed by atoms with E-state index in [0.29, 0.717) is 19.3 Å². The Kier molecular flexibility index (Phi) is 83.4. The third-order valence-electron chi connectivity index (χ3n) is 18.3. The van der Waals surface area contributed by atoms with Crippen molar-refractivity contribution < 1.29 is 75.8 Å². The SMILES string of the molecule is CC/C=C\C/C=C\C/C=C\C/C=C\C/C=C\C/C=C\CCCCCCCCCCCCCCCCCCC(=O)OCC(O)COP(=O)(O)OCC(O)COP(=O)(O)OCC(COC(=O)CCCCCCCCC/C=C\C/C=C\C/C=C\C/C=C\C/C=C\CC)OC(=O)CCCCCCC/C=C\C/C=C\C/C=C\C/C=C\C/C=C\CC. The van der Waals surface area contributed by atoms with Crippen LogP contribution in [0.4, 0.5) is 0 Å². The molecule has 0 saturated heterocycles. The van der Waals surface area contributed by atoms with Gasteiger partial charge in [-0.15, -0.1) is 0 Å². The Morgan fingerprint density at radius 3 is 0.687 bits per heavy atom. The monoisotopic (exact) mass is 1640 g/mol. The van der Waals surface area contributed by atoms with Crippen LogP contribution in [-0.4, -0.2) is 95.9 Å². The number of esters is 3. The normalized spacial score (nSPS) is 14.7. The van der Waals surface area contributed by atoms with Gasteiger partial charge in [0, 0.05) is 19.3 Å². The number of aliphatic hydroxyl groups excluding tert-OH is 2. The molecule has 0 saturated carbocycles. The molecule has 115 heavy (non-hydrogen) atoms. The van der Waals surface area contributed by atoms with E-state index in [4.69, 9.17) is 32.3 Å². The summed E-state index contributed by atoms with van der Waals surface area (Å²) < 4.78 is 61.4. The first-order valence-electron chi connectivity index (χ1n) is 44.7. The molecule has 0 aromatic rings. The van der Waals surface area contributed by atoms with E-state index in [-0.39, 0.29) is 19.3 Å². The molecule has 654 valence electrons. The lowest BCUT2D eigenvalue weighted by Gasteiger charge is -2.21. The van der Waals surface area contributed by atoms with Gasteiger partial charge in [0.1, 0.15) is 25.4 Å². The lowest BCUT2D eigenvalue weighted by Crippen LogP contribution is -2.30. The Morgan fingerprint density at radius 2 is 0.435 bits per heavy atom. The van der Waals surface area contributed by atoms with Crippen LogP contribution < -0.4 is 0 Å². The molecule has 0 spiro atoms. The van der Waals surface area contributed by atoms with Gasteiger partial charge < -0.3 is 34.2 Å². The van der Waals surface area contributed by atoms with E-state index in [9.17, 15) is 43.5 Å². The van der Waals surface area contributed by atoms with E-state index in [1.54, 1.807) is 0 Å². The van der Waals surface area contributed by atoms with Crippen LogP contribution in [0.5, 0.6) is 0 Å². The topological polar surface area (TPSA) is 231 Å². The second-order valence-electron chi connectivity index (χ2n) is 29.3. The summed E-state index contributed by atoms with van der Waals surface area (Å²) in [6.45, 7) is 2.32. The molecule has 16 nitrogen and oxygen atoms in total. The lowest BCUT2D eigenvalue weighted by molar-refractivity contribution is -0.161. The zero-order chi connectivity index (χ0) is 83.6. The van der Waals surface area contributed by atoms with Crippen molar-refractivity contribution in [1.82, 2.24) is 0 Å². The average molecular weight is 1640 g/mol. The highest BCUT2D eigenvalue weighted by atomic mass is 31.2. The molecule has 0 bridgehead atoms. The minimum atomic E-state index is -4.95. The maximum atomic E-state index is 13.0. The highest BCUT2D eigenvalue weighted by Crippen LogP contribution is 2.45. The van der Waals surface area contributed by atoms with Crippen molar-refractivity contribution in [3.8, 4) is 0 Å². The van der Waals surface area contributed by atoms with Gasteiger partial charge in [-0.05, 0) is 161 Å². The summed E-state index contributed by atoms with van der Waals surface area (Å²) in [5, 5.41) is 20.7. The Hall–Kier alpha value is -5.61. The fraction of sp³-hybridized carbons (Fsp3) is 0.639. The Morgan fingerprint density at radius 1 is 0.243 bits per heavy atom. The van der Waals surface area contributed by atoms with Gasteiger partial charge in [-0.25, -0.2) is 9.13 Å². The summed E-state index contributed by atoms with van der Waals surface area (Å²) in [4.78, 5) is 58.9. The van der Waals surface area contributed by atoms with Gasteiger partial charge in [0.15, 0.2) is 6.10 Å². The molecule has 18 heteroatoms. The number of allylic oxidation sites excluding steroid dienone is 32. The van der Waals surface area contributed by atoms with Crippen molar-refractivity contribution in [2.45, 2.75) is 360 Å². The van der Waals surface area contributed by atoms with Crippen LogP contribution in [0.1, 0.15) is 342 Å². The third kappa shape index (κ3) is 89.0. The molecule has 5 atom stereocenters. The van der Waals surface area contributed by atoms with Crippen molar-refractivity contribution in [3.63, 3.8) is 0 Å². The minimum Gasteiger partial charge on any atom is -0.463 e. The van der Waals surface area contributed by atoms with Gasteiger partial charge in [0.2, 0.25) is 0 Å². The van der Waals surface area contributed by atoms with Crippen molar-refractivity contribution in [2.75, 3.05) is 39.6 Å². The number of aliphatic hydroxyl groups is 2. The fourth-order valence-corrected chi connectivity index (χ4v) is 13.2. The molecule has 4 N–H and O–H groups in total. The number of phosphoric ester groups is 2. The molecule has 0 aliphatic carbocycles. The number of ether oxygens (including phenoxy) is 3. The van der Waals surface area contributed by atoms with Crippen molar-refractivity contribution >= 4 is 33.6 Å². The summed E-state index contributed by atoms with van der Waals surface area (Å²) in [5.74, 6) is -1.61. The summed E-state index contributed by atoms with van der Waals surface area (Å²) in [5.41, 5.74) is 0. The number of hydrogen-bond donors (Lipinski definition) is 4. The van der Waals surface area contributed by atoms with Gasteiger partial charge >= 0.3 is 33.6 Å². The second kappa shape index (κ2) is 87.7. The van der Waals surface area contributed by atoms with Gasteiger partial charge in [-0.3, -0.25) is 32.5 Å². The van der Waals surface area contributed by atoms with Crippen molar-refractivity contribution in [1.29, 1.82) is 0 Å². The van der Waals surface area contributed by atoms with Crippen LogP contribution in [-0.2, 0) is 55.8 Å². The molecule has 0 fully saturated rings. The smallest absolute Gasteiger partial charge is 0.463 e. The number of unbranched alkanes of at least 4 members (excludes halogenated alkanes) is 28. The van der Waals surface area contributed by atoms with Gasteiger partial charge in [-0.2, -0.15) is 0 Å². The molecule has 0 aromatic heterocycles. The van der Waals surface area contributed by atoms with E-state index >= 15 is 0 Å². The van der Waals surface area contributed by atoms with E-state index in [1.165, 1.54) is 83.5 Å². The Labute approximate surface area is 699 Å². The predicted molar refractivity (Wildman–Crippen MR) is 481 cm³/mol. The van der Waals surface area contributed by atoms with Gasteiger partial charge in [0.25, 0.3) is 0 Å². The Balaban J connectivity index is 4.56. The largest absolute Gasteiger partial charge is 0.472 e. The molecule has 0 radical (unpaired) electrons. The second-order valence-corrected chi connectivity index (χ2v) is 32.2. The van der Waals surface area contributed by atoms with E-state index < -0.39 is 91.5 Å². The molecular weight excluding hydrogens is 1480 g/mol.